The third-order valence-electron chi connectivity index (χ3n) is 7.42. The summed E-state index contributed by atoms with van der Waals surface area (Å²) in [6, 6.07) is 6.68. The molecule has 3 saturated heterocycles. The number of rotatable bonds is 10. The number of anilines is 2. The summed E-state index contributed by atoms with van der Waals surface area (Å²) in [5.74, 6) is -2.70. The zero-order valence-electron chi connectivity index (χ0n) is 20.4. The topological polar surface area (TPSA) is 108 Å². The molecule has 4 rings (SSSR count). The highest BCUT2D eigenvalue weighted by atomic mass is 79.9. The summed E-state index contributed by atoms with van der Waals surface area (Å²) in [4.78, 5) is 43.7. The number of likely N-dealkylation sites (tertiary alicyclic amines) is 1. The lowest BCUT2D eigenvalue weighted by Gasteiger charge is -2.34. The van der Waals surface area contributed by atoms with Gasteiger partial charge in [-0.3, -0.25) is 14.4 Å². The van der Waals surface area contributed by atoms with Crippen LogP contribution >= 0.6 is 15.9 Å². The van der Waals surface area contributed by atoms with Crippen molar-refractivity contribution in [1.82, 2.24) is 4.90 Å². The van der Waals surface area contributed by atoms with E-state index in [1.807, 2.05) is 24.3 Å². The van der Waals surface area contributed by atoms with Crippen LogP contribution in [-0.2, 0) is 23.9 Å². The second-order valence-electron chi connectivity index (χ2n) is 9.23. The normalized spacial score (nSPS) is 30.9. The first-order valence-corrected chi connectivity index (χ1v) is 13.3. The van der Waals surface area contributed by atoms with E-state index in [9.17, 15) is 19.5 Å². The van der Waals surface area contributed by atoms with E-state index in [0.717, 1.165) is 18.8 Å². The zero-order chi connectivity index (χ0) is 25.3. The van der Waals surface area contributed by atoms with Gasteiger partial charge < -0.3 is 29.7 Å². The Morgan fingerprint density at radius 2 is 1.94 bits per heavy atom. The van der Waals surface area contributed by atoms with Gasteiger partial charge in [-0.25, -0.2) is 0 Å². The van der Waals surface area contributed by atoms with Crippen molar-refractivity contribution in [3.05, 3.63) is 24.3 Å². The third kappa shape index (κ3) is 4.34. The summed E-state index contributed by atoms with van der Waals surface area (Å²) in [5, 5.41) is 12.4. The van der Waals surface area contributed by atoms with E-state index in [-0.39, 0.29) is 36.4 Å². The molecule has 1 spiro atoms. The Labute approximate surface area is 214 Å². The van der Waals surface area contributed by atoms with Gasteiger partial charge in [0.25, 0.3) is 0 Å². The first-order valence-electron chi connectivity index (χ1n) is 12.4. The molecule has 0 saturated carbocycles. The summed E-state index contributed by atoms with van der Waals surface area (Å²) < 4.78 is 11.6. The van der Waals surface area contributed by atoms with Gasteiger partial charge in [0, 0.05) is 42.4 Å². The SMILES string of the molecule is CCOC(=O)[C@H]1[C@H]2C(=O)N(CCCO)C(C(=O)Nc3ccc(N(CC)CC)cc3)C23CC(Br)[C@@H]1O3. The number of nitrogens with one attached hydrogen (secondary N) is 1. The average Bonchev–Trinajstić information content (AvgIpc) is 3.43. The quantitative estimate of drug-likeness (QED) is 0.339. The van der Waals surface area contributed by atoms with Crippen molar-refractivity contribution < 1.29 is 29.0 Å². The largest absolute Gasteiger partial charge is 0.466 e. The van der Waals surface area contributed by atoms with Gasteiger partial charge in [0.1, 0.15) is 11.6 Å². The predicted molar refractivity (Wildman–Crippen MR) is 134 cm³/mol. The number of hydrogen-bond donors (Lipinski definition) is 2. The number of carbonyl (C=O) groups is 3. The summed E-state index contributed by atoms with van der Waals surface area (Å²) in [5.41, 5.74) is 0.545. The van der Waals surface area contributed by atoms with Crippen molar-refractivity contribution in [3.63, 3.8) is 0 Å². The predicted octanol–water partition coefficient (Wildman–Crippen LogP) is 2.16. The van der Waals surface area contributed by atoms with Crippen molar-refractivity contribution in [3.8, 4) is 0 Å². The van der Waals surface area contributed by atoms with E-state index >= 15 is 0 Å². The number of hydrogen-bond acceptors (Lipinski definition) is 7. The molecule has 1 aromatic carbocycles. The smallest absolute Gasteiger partial charge is 0.312 e. The molecule has 10 heteroatoms. The van der Waals surface area contributed by atoms with E-state index < -0.39 is 35.6 Å². The third-order valence-corrected chi connectivity index (χ3v) is 8.26. The van der Waals surface area contributed by atoms with Crippen LogP contribution in [0.3, 0.4) is 0 Å². The van der Waals surface area contributed by atoms with Crippen molar-refractivity contribution in [1.29, 1.82) is 0 Å². The molecule has 9 nitrogen and oxygen atoms in total. The molecule has 2 bridgehead atoms. The van der Waals surface area contributed by atoms with Gasteiger partial charge in [0.2, 0.25) is 11.8 Å². The highest BCUT2D eigenvalue weighted by Crippen LogP contribution is 2.60. The fourth-order valence-corrected chi connectivity index (χ4v) is 6.92. The van der Waals surface area contributed by atoms with E-state index in [1.54, 1.807) is 6.92 Å². The molecule has 3 aliphatic rings. The van der Waals surface area contributed by atoms with Gasteiger partial charge in [0.15, 0.2) is 0 Å². The van der Waals surface area contributed by atoms with Crippen LogP contribution < -0.4 is 10.2 Å². The fourth-order valence-electron chi connectivity index (χ4n) is 5.97. The van der Waals surface area contributed by atoms with Crippen LogP contribution in [0.2, 0.25) is 0 Å². The molecule has 1 aromatic rings. The molecule has 6 atom stereocenters. The highest BCUT2D eigenvalue weighted by Gasteiger charge is 2.76. The van der Waals surface area contributed by atoms with E-state index in [1.165, 1.54) is 4.90 Å². The number of nitrogens with zero attached hydrogens (tertiary/aromatic N) is 2. The lowest BCUT2D eigenvalue weighted by atomic mass is 9.70. The zero-order valence-corrected chi connectivity index (χ0v) is 22.0. The average molecular weight is 552 g/mol. The van der Waals surface area contributed by atoms with Crippen molar-refractivity contribution in [2.45, 2.75) is 56.2 Å². The number of aliphatic hydroxyl groups is 1. The van der Waals surface area contributed by atoms with Gasteiger partial charge in [-0.05, 0) is 57.9 Å². The molecule has 0 radical (unpaired) electrons. The van der Waals surface area contributed by atoms with Gasteiger partial charge in [-0.15, -0.1) is 0 Å². The standard InChI is InChI=1S/C25H34BrN3O6/c1-4-28(5-2)16-10-8-15(9-11-16)27-22(31)21-25-14-17(26)20(35-25)18(24(33)34-6-3)19(25)23(32)29(21)12-7-13-30/h8-11,17-21,30H,4-7,12-14H2,1-3H3,(H,27,31)/t17?,18-,19-,20-,21?,25?/m0/s1. The lowest BCUT2D eigenvalue weighted by molar-refractivity contribution is -0.154. The number of halogens is 1. The van der Waals surface area contributed by atoms with E-state index in [0.29, 0.717) is 18.5 Å². The molecule has 2 N–H and O–H groups in total. The van der Waals surface area contributed by atoms with Crippen molar-refractivity contribution in [2.75, 3.05) is 43.1 Å². The first kappa shape index (κ1) is 25.9. The van der Waals surface area contributed by atoms with Crippen LogP contribution in [0.5, 0.6) is 0 Å². The molecule has 3 unspecified atom stereocenters. The van der Waals surface area contributed by atoms with Crippen molar-refractivity contribution >= 4 is 45.1 Å². The fraction of sp³-hybridized carbons (Fsp3) is 0.640. The summed E-state index contributed by atoms with van der Waals surface area (Å²) >= 11 is 3.62. The van der Waals surface area contributed by atoms with Gasteiger partial charge in [-0.2, -0.15) is 0 Å². The number of alkyl halides is 1. The maximum Gasteiger partial charge on any atom is 0.312 e. The molecule has 35 heavy (non-hydrogen) atoms. The maximum absolute atomic E-state index is 13.7. The summed E-state index contributed by atoms with van der Waals surface area (Å²) in [6.45, 7) is 7.93. The first-order chi connectivity index (χ1) is 16.8. The van der Waals surface area contributed by atoms with Crippen LogP contribution in [0.1, 0.15) is 33.6 Å². The summed E-state index contributed by atoms with van der Waals surface area (Å²) in [7, 11) is 0. The molecule has 0 aliphatic carbocycles. The Bertz CT molecular complexity index is 955. The van der Waals surface area contributed by atoms with Crippen LogP contribution in [0, 0.1) is 11.8 Å². The Morgan fingerprint density at radius 1 is 1.26 bits per heavy atom. The van der Waals surface area contributed by atoms with E-state index in [4.69, 9.17) is 9.47 Å². The summed E-state index contributed by atoms with van der Waals surface area (Å²) in [6.07, 6.45) is 0.215. The number of fused-ring (bicyclic) bond motifs is 1. The van der Waals surface area contributed by atoms with Gasteiger partial charge in [0.05, 0.1) is 24.5 Å². The van der Waals surface area contributed by atoms with Gasteiger partial charge in [-0.1, -0.05) is 15.9 Å². The number of esters is 1. The van der Waals surface area contributed by atoms with E-state index in [2.05, 4.69) is 40.0 Å². The Balaban J connectivity index is 1.63. The van der Waals surface area contributed by atoms with Crippen LogP contribution in [0.15, 0.2) is 24.3 Å². The second kappa shape index (κ2) is 10.4. The minimum absolute atomic E-state index is 0.117. The van der Waals surface area contributed by atoms with Crippen LogP contribution in [0.25, 0.3) is 0 Å². The van der Waals surface area contributed by atoms with Crippen LogP contribution in [0.4, 0.5) is 11.4 Å². The number of ether oxygens (including phenoxy) is 2. The number of carbonyl (C=O) groups excluding carboxylic acids is 3. The molecule has 3 aliphatic heterocycles. The van der Waals surface area contributed by atoms with Gasteiger partial charge >= 0.3 is 5.97 Å². The Hall–Kier alpha value is -2.17. The lowest BCUT2D eigenvalue weighted by Crippen LogP contribution is -2.54. The number of benzene rings is 1. The Kier molecular flexibility index (Phi) is 7.73. The second-order valence-corrected chi connectivity index (χ2v) is 10.4. The molecule has 2 amide bonds. The Morgan fingerprint density at radius 3 is 2.54 bits per heavy atom. The molecule has 3 heterocycles. The van der Waals surface area contributed by atoms with Crippen molar-refractivity contribution in [2.24, 2.45) is 11.8 Å². The molecular weight excluding hydrogens is 518 g/mol. The minimum atomic E-state index is -1.13. The highest BCUT2D eigenvalue weighted by molar-refractivity contribution is 9.09. The van der Waals surface area contributed by atoms with Crippen LogP contribution in [-0.4, -0.2) is 83.2 Å². The number of amides is 2. The molecular formula is C25H34BrN3O6. The molecule has 0 aromatic heterocycles. The molecule has 3 fully saturated rings. The molecule has 192 valence electrons. The minimum Gasteiger partial charge on any atom is -0.466 e. The number of aliphatic hydroxyl groups excluding tert-OH is 1. The monoisotopic (exact) mass is 551 g/mol. The maximum atomic E-state index is 13.7.